The van der Waals surface area contributed by atoms with Crippen LogP contribution in [0, 0.1) is 0 Å². The second kappa shape index (κ2) is 5.75. The van der Waals surface area contributed by atoms with Crippen molar-refractivity contribution < 1.29 is 9.53 Å². The molecule has 4 rings (SSSR count). The fourth-order valence-electron chi connectivity index (χ4n) is 2.68. The van der Waals surface area contributed by atoms with Gasteiger partial charge in [0.15, 0.2) is 12.4 Å². The zero-order valence-electron chi connectivity index (χ0n) is 13.1. The number of carbonyl (C=O) groups is 1. The lowest BCUT2D eigenvalue weighted by Gasteiger charge is -2.08. The number of aromatic nitrogens is 5. The van der Waals surface area contributed by atoms with Crippen LogP contribution in [0.4, 0.5) is 0 Å². The van der Waals surface area contributed by atoms with Crippen LogP contribution in [-0.4, -0.2) is 30.1 Å². The second-order valence-corrected chi connectivity index (χ2v) is 5.88. The number of H-pyrrole nitrogens is 1. The smallest absolute Gasteiger partial charge is 0.355 e. The highest BCUT2D eigenvalue weighted by Crippen LogP contribution is 2.15. The number of para-hydroxylation sites is 1. The Morgan fingerprint density at radius 2 is 2.12 bits per heavy atom. The summed E-state index contributed by atoms with van der Waals surface area (Å²) in [5.74, 6) is 0.225. The first-order valence-electron chi connectivity index (χ1n) is 7.39. The van der Waals surface area contributed by atoms with Crippen molar-refractivity contribution in [3.8, 4) is 0 Å². The van der Waals surface area contributed by atoms with Gasteiger partial charge in [0.25, 0.3) is 5.56 Å². The van der Waals surface area contributed by atoms with Gasteiger partial charge in [0.1, 0.15) is 5.69 Å². The molecule has 0 spiro atoms. The van der Waals surface area contributed by atoms with Crippen molar-refractivity contribution in [1.29, 1.82) is 0 Å². The van der Waals surface area contributed by atoms with Gasteiger partial charge in [-0.15, -0.1) is 10.2 Å². The minimum atomic E-state index is -0.558. The van der Waals surface area contributed by atoms with Gasteiger partial charge in [0.2, 0.25) is 5.78 Å². The maximum absolute atomic E-state index is 12.4. The van der Waals surface area contributed by atoms with Crippen LogP contribution in [0.25, 0.3) is 16.7 Å². The zero-order valence-corrected chi connectivity index (χ0v) is 13.8. The van der Waals surface area contributed by atoms with E-state index in [0.717, 1.165) is 0 Å². The molecule has 0 aliphatic rings. The Labute approximate surface area is 145 Å². The van der Waals surface area contributed by atoms with Crippen molar-refractivity contribution in [2.24, 2.45) is 7.05 Å². The van der Waals surface area contributed by atoms with E-state index in [4.69, 9.17) is 16.3 Å². The minimum Gasteiger partial charge on any atom is -0.453 e. The SMILES string of the molecule is Cn1c(=O)c2ccccc2n2c(COC(=O)c3cc(Cl)c[nH]3)nnc12. The van der Waals surface area contributed by atoms with Crippen molar-refractivity contribution >= 4 is 34.3 Å². The molecule has 0 aliphatic heterocycles. The fourth-order valence-corrected chi connectivity index (χ4v) is 2.84. The van der Waals surface area contributed by atoms with Crippen LogP contribution in [0.15, 0.2) is 41.3 Å². The summed E-state index contributed by atoms with van der Waals surface area (Å²) in [4.78, 5) is 27.2. The van der Waals surface area contributed by atoms with Crippen LogP contribution in [-0.2, 0) is 18.4 Å². The van der Waals surface area contributed by atoms with Crippen LogP contribution < -0.4 is 5.56 Å². The lowest BCUT2D eigenvalue weighted by atomic mass is 10.2. The van der Waals surface area contributed by atoms with Gasteiger partial charge < -0.3 is 9.72 Å². The van der Waals surface area contributed by atoms with Gasteiger partial charge in [-0.3, -0.25) is 13.8 Å². The van der Waals surface area contributed by atoms with E-state index in [1.54, 1.807) is 29.6 Å². The van der Waals surface area contributed by atoms with Crippen molar-refractivity contribution in [3.63, 3.8) is 0 Å². The number of aromatic amines is 1. The van der Waals surface area contributed by atoms with Gasteiger partial charge in [-0.1, -0.05) is 23.7 Å². The number of hydrogen-bond acceptors (Lipinski definition) is 5. The highest BCUT2D eigenvalue weighted by Gasteiger charge is 2.16. The molecular formula is C16H12ClN5O3. The lowest BCUT2D eigenvalue weighted by Crippen LogP contribution is -2.20. The molecule has 0 saturated carbocycles. The number of benzene rings is 1. The summed E-state index contributed by atoms with van der Waals surface area (Å²) in [6, 6.07) is 8.61. The van der Waals surface area contributed by atoms with Gasteiger partial charge in [-0.25, -0.2) is 4.79 Å². The summed E-state index contributed by atoms with van der Waals surface area (Å²) in [6.45, 7) is -0.0984. The molecule has 0 amide bonds. The summed E-state index contributed by atoms with van der Waals surface area (Å²) in [5, 5.41) is 9.04. The van der Waals surface area contributed by atoms with Crippen molar-refractivity contribution in [1.82, 2.24) is 24.1 Å². The first kappa shape index (κ1) is 15.4. The predicted molar refractivity (Wildman–Crippen MR) is 90.7 cm³/mol. The Morgan fingerprint density at radius 3 is 2.88 bits per heavy atom. The third-order valence-electron chi connectivity index (χ3n) is 3.89. The molecule has 0 aliphatic carbocycles. The van der Waals surface area contributed by atoms with Crippen LogP contribution in [0.2, 0.25) is 5.02 Å². The van der Waals surface area contributed by atoms with Crippen molar-refractivity contribution in [2.75, 3.05) is 0 Å². The van der Waals surface area contributed by atoms with Crippen LogP contribution >= 0.6 is 11.6 Å². The molecule has 0 unspecified atom stereocenters. The van der Waals surface area contributed by atoms with Gasteiger partial charge in [0, 0.05) is 13.2 Å². The molecule has 1 aromatic carbocycles. The number of hydrogen-bond donors (Lipinski definition) is 1. The summed E-state index contributed by atoms with van der Waals surface area (Å²) >= 11 is 5.78. The highest BCUT2D eigenvalue weighted by molar-refractivity contribution is 6.30. The Kier molecular flexibility index (Phi) is 3.54. The number of aryl methyl sites for hydroxylation is 1. The molecule has 0 fully saturated rings. The predicted octanol–water partition coefficient (Wildman–Crippen LogP) is 1.92. The number of fused-ring (bicyclic) bond motifs is 3. The fraction of sp³-hybridized carbons (Fsp3) is 0.125. The first-order valence-corrected chi connectivity index (χ1v) is 7.77. The molecule has 126 valence electrons. The van der Waals surface area contributed by atoms with E-state index >= 15 is 0 Å². The molecule has 3 aromatic heterocycles. The van der Waals surface area contributed by atoms with E-state index in [2.05, 4.69) is 15.2 Å². The molecule has 0 saturated heterocycles. The van der Waals surface area contributed by atoms with E-state index < -0.39 is 5.97 Å². The molecule has 0 bridgehead atoms. The molecule has 0 radical (unpaired) electrons. The van der Waals surface area contributed by atoms with E-state index in [0.29, 0.717) is 27.5 Å². The monoisotopic (exact) mass is 357 g/mol. The minimum absolute atomic E-state index is 0.0984. The standard InChI is InChI=1S/C16H12ClN5O3/c1-21-14(23)10-4-2-3-5-12(10)22-13(19-20-16(21)22)8-25-15(24)11-6-9(17)7-18-11/h2-7,18H,8H2,1H3. The number of esters is 1. The topological polar surface area (TPSA) is 94.3 Å². The van der Waals surface area contributed by atoms with Crippen LogP contribution in [0.1, 0.15) is 16.3 Å². The van der Waals surface area contributed by atoms with E-state index in [-0.39, 0.29) is 17.9 Å². The largest absolute Gasteiger partial charge is 0.453 e. The van der Waals surface area contributed by atoms with Gasteiger partial charge in [-0.2, -0.15) is 0 Å². The van der Waals surface area contributed by atoms with Crippen molar-refractivity contribution in [3.05, 3.63) is 63.4 Å². The Balaban J connectivity index is 1.76. The highest BCUT2D eigenvalue weighted by atomic mass is 35.5. The average molecular weight is 358 g/mol. The maximum Gasteiger partial charge on any atom is 0.355 e. The summed E-state index contributed by atoms with van der Waals surface area (Å²) < 4.78 is 8.38. The van der Waals surface area contributed by atoms with Gasteiger partial charge in [0.05, 0.1) is 15.9 Å². The number of rotatable bonds is 3. The summed E-state index contributed by atoms with van der Waals surface area (Å²) in [7, 11) is 1.62. The molecular weight excluding hydrogens is 346 g/mol. The summed E-state index contributed by atoms with van der Waals surface area (Å²) in [6.07, 6.45) is 1.49. The molecule has 9 heteroatoms. The molecule has 25 heavy (non-hydrogen) atoms. The third-order valence-corrected chi connectivity index (χ3v) is 4.11. The Morgan fingerprint density at radius 1 is 1.32 bits per heavy atom. The number of ether oxygens (including phenoxy) is 1. The molecule has 8 nitrogen and oxygen atoms in total. The number of nitrogens with zero attached hydrogens (tertiary/aromatic N) is 4. The average Bonchev–Trinajstić information content (AvgIpc) is 3.24. The van der Waals surface area contributed by atoms with Crippen molar-refractivity contribution in [2.45, 2.75) is 6.61 Å². The lowest BCUT2D eigenvalue weighted by molar-refractivity contribution is 0.0455. The second-order valence-electron chi connectivity index (χ2n) is 5.44. The van der Waals surface area contributed by atoms with E-state index in [1.807, 2.05) is 6.07 Å². The van der Waals surface area contributed by atoms with Gasteiger partial charge >= 0.3 is 5.97 Å². The Hall–Kier alpha value is -3.13. The number of carbonyl (C=O) groups excluding carboxylic acids is 1. The normalized spacial score (nSPS) is 11.3. The van der Waals surface area contributed by atoms with Gasteiger partial charge in [-0.05, 0) is 18.2 Å². The van der Waals surface area contributed by atoms with Crippen LogP contribution in [0.3, 0.4) is 0 Å². The summed E-state index contributed by atoms with van der Waals surface area (Å²) in [5.41, 5.74) is 0.732. The number of nitrogens with one attached hydrogen (secondary N) is 1. The molecule has 3 heterocycles. The third kappa shape index (κ3) is 2.47. The van der Waals surface area contributed by atoms with Crippen LogP contribution in [0.5, 0.6) is 0 Å². The Bertz CT molecular complexity index is 1170. The number of halogens is 1. The van der Waals surface area contributed by atoms with E-state index in [1.165, 1.54) is 16.8 Å². The van der Waals surface area contributed by atoms with E-state index in [9.17, 15) is 9.59 Å². The first-order chi connectivity index (χ1) is 12.1. The molecule has 0 atom stereocenters. The molecule has 1 N–H and O–H groups in total. The maximum atomic E-state index is 12.4. The quantitative estimate of drug-likeness (QED) is 0.565. The zero-order chi connectivity index (χ0) is 17.6. The molecule has 4 aromatic rings.